The molecule has 1 aromatic heterocycles. The van der Waals surface area contributed by atoms with Crippen LogP contribution in [0.1, 0.15) is 65.7 Å². The molecule has 5 rings (SSSR count). The van der Waals surface area contributed by atoms with Gasteiger partial charge in [0.25, 0.3) is 11.5 Å². The van der Waals surface area contributed by atoms with Crippen molar-refractivity contribution in [2.45, 2.75) is 70.3 Å². The van der Waals surface area contributed by atoms with Gasteiger partial charge >= 0.3 is 0 Å². The zero-order valence-corrected chi connectivity index (χ0v) is 23.1. The third-order valence-electron chi connectivity index (χ3n) is 7.70. The fourth-order valence-electron chi connectivity index (χ4n) is 5.61. The number of rotatable bonds is 7. The van der Waals surface area contributed by atoms with Gasteiger partial charge in [0.15, 0.2) is 5.78 Å². The quantitative estimate of drug-likeness (QED) is 0.425. The van der Waals surface area contributed by atoms with Gasteiger partial charge in [-0.05, 0) is 79.1 Å². The van der Waals surface area contributed by atoms with Crippen molar-refractivity contribution in [3.05, 3.63) is 92.1 Å². The van der Waals surface area contributed by atoms with E-state index in [1.165, 1.54) is 16.7 Å². The highest BCUT2D eigenvalue weighted by molar-refractivity contribution is 6.30. The smallest absolute Gasteiger partial charge is 0.251 e. The monoisotopic (exact) mass is 566 g/mol. The van der Waals surface area contributed by atoms with E-state index in [-0.39, 0.29) is 42.1 Å². The minimum atomic E-state index is -0.880. The third-order valence-corrected chi connectivity index (χ3v) is 7.94. The molecule has 0 aliphatic carbocycles. The number of aromatic nitrogens is 1. The second-order valence-corrected chi connectivity index (χ2v) is 11.1. The summed E-state index contributed by atoms with van der Waals surface area (Å²) in [5.74, 6) is -1.92. The number of fused-ring (bicyclic) bond motifs is 3. The Labute approximate surface area is 237 Å². The molecule has 1 saturated heterocycles. The lowest BCUT2D eigenvalue weighted by Crippen LogP contribution is -2.35. The molecular weight excluding hydrogens is 535 g/mol. The molecule has 210 valence electrons. The van der Waals surface area contributed by atoms with Crippen molar-refractivity contribution >= 4 is 23.3 Å². The number of hydrogen-bond acceptors (Lipinski definition) is 5. The van der Waals surface area contributed by atoms with Gasteiger partial charge < -0.3 is 19.8 Å². The van der Waals surface area contributed by atoms with Crippen LogP contribution in [0.25, 0.3) is 11.1 Å². The molecule has 0 saturated carbocycles. The number of hydrogen-bond donors (Lipinski definition) is 1. The maximum atomic E-state index is 14.4. The third kappa shape index (κ3) is 6.19. The molecule has 0 spiro atoms. The van der Waals surface area contributed by atoms with Crippen molar-refractivity contribution in [1.82, 2.24) is 4.57 Å². The van der Waals surface area contributed by atoms with Crippen LogP contribution in [0.15, 0.2) is 53.5 Å². The molecule has 1 fully saturated rings. The van der Waals surface area contributed by atoms with E-state index < -0.39 is 17.8 Å². The summed E-state index contributed by atoms with van der Waals surface area (Å²) in [6.45, 7) is 2.87. The summed E-state index contributed by atoms with van der Waals surface area (Å²) in [5.41, 5.74) is 8.45. The lowest BCUT2D eigenvalue weighted by Gasteiger charge is -2.29. The number of Topliss-reactive ketones (excluding diaryl/α,β-unsaturated/α-hetero) is 1. The van der Waals surface area contributed by atoms with E-state index in [1.54, 1.807) is 12.3 Å². The number of carbonyl (C=O) groups is 2. The summed E-state index contributed by atoms with van der Waals surface area (Å²) in [5, 5.41) is 0.570. The van der Waals surface area contributed by atoms with Crippen LogP contribution in [-0.4, -0.2) is 35.1 Å². The van der Waals surface area contributed by atoms with Gasteiger partial charge in [-0.15, -0.1) is 0 Å². The lowest BCUT2D eigenvalue weighted by atomic mass is 9.92. The second kappa shape index (κ2) is 12.0. The van der Waals surface area contributed by atoms with Crippen molar-refractivity contribution < 1.29 is 23.5 Å². The Morgan fingerprint density at radius 3 is 2.62 bits per heavy atom. The number of primary amides is 1. The fourth-order valence-corrected chi connectivity index (χ4v) is 5.78. The van der Waals surface area contributed by atoms with E-state index in [9.17, 15) is 18.8 Å². The van der Waals surface area contributed by atoms with Gasteiger partial charge in [-0.1, -0.05) is 23.7 Å². The van der Waals surface area contributed by atoms with Gasteiger partial charge in [0.2, 0.25) is 0 Å². The molecule has 1 amide bonds. The summed E-state index contributed by atoms with van der Waals surface area (Å²) in [4.78, 5) is 38.9. The van der Waals surface area contributed by atoms with Crippen LogP contribution in [0.2, 0.25) is 5.02 Å². The minimum absolute atomic E-state index is 0.0557. The van der Waals surface area contributed by atoms with Crippen LogP contribution in [-0.2, 0) is 33.7 Å². The Hall–Kier alpha value is -3.33. The van der Waals surface area contributed by atoms with E-state index in [2.05, 4.69) is 0 Å². The van der Waals surface area contributed by atoms with Crippen LogP contribution >= 0.6 is 11.6 Å². The summed E-state index contributed by atoms with van der Waals surface area (Å²) in [7, 11) is 0. The first-order valence-corrected chi connectivity index (χ1v) is 14.0. The molecule has 3 aromatic rings. The molecule has 2 aromatic carbocycles. The first kappa shape index (κ1) is 28.2. The zero-order chi connectivity index (χ0) is 28.4. The van der Waals surface area contributed by atoms with Crippen LogP contribution in [0.5, 0.6) is 0 Å². The van der Waals surface area contributed by atoms with Gasteiger partial charge in [-0.2, -0.15) is 0 Å². The molecule has 2 N–H and O–H groups in total. The van der Waals surface area contributed by atoms with Crippen LogP contribution in [0.3, 0.4) is 0 Å². The second-order valence-electron chi connectivity index (χ2n) is 10.6. The standard InChI is InChI=1S/C31H32ClFN2O5/c1-18-10-20-6-7-22(32)13-25(20)26-15-30(37)35(16-21(26)17-40-18)28(14-23-4-2-3-9-39-23)29(36)12-19-5-8-24(31(34)38)27(33)11-19/h5-8,11,13,15-16,18,23,28H,2-4,9-10,12,14,17H2,1H3,(H2,34,38)/t18?,23-,28?/m0/s1. The Kier molecular flexibility index (Phi) is 8.49. The largest absolute Gasteiger partial charge is 0.378 e. The predicted octanol–water partition coefficient (Wildman–Crippen LogP) is 5.18. The van der Waals surface area contributed by atoms with Crippen LogP contribution < -0.4 is 11.3 Å². The SMILES string of the molecule is CC1Cc2ccc(Cl)cc2-c2cc(=O)n(C(C[C@@H]3CCCCO3)C(=O)Cc3ccc(C(N)=O)c(F)c3)cc2CO1. The number of ether oxygens (including phenoxy) is 2. The number of nitrogens with zero attached hydrogens (tertiary/aromatic N) is 1. The highest BCUT2D eigenvalue weighted by Gasteiger charge is 2.29. The van der Waals surface area contributed by atoms with Crippen molar-refractivity contribution in [3.63, 3.8) is 0 Å². The number of carbonyl (C=O) groups excluding carboxylic acids is 2. The van der Waals surface area contributed by atoms with E-state index in [0.717, 1.165) is 47.6 Å². The molecule has 3 heterocycles. The molecular formula is C31H32ClFN2O5. The normalized spacial score (nSPS) is 19.6. The maximum absolute atomic E-state index is 14.4. The van der Waals surface area contributed by atoms with Gasteiger partial charge in [0.05, 0.1) is 30.4 Å². The molecule has 2 unspecified atom stereocenters. The van der Waals surface area contributed by atoms with E-state index in [0.29, 0.717) is 30.0 Å². The molecule has 9 heteroatoms. The number of ketones is 1. The van der Waals surface area contributed by atoms with Crippen molar-refractivity contribution in [2.75, 3.05) is 6.61 Å². The van der Waals surface area contributed by atoms with Crippen molar-refractivity contribution in [1.29, 1.82) is 0 Å². The topological polar surface area (TPSA) is 101 Å². The minimum Gasteiger partial charge on any atom is -0.378 e. The summed E-state index contributed by atoms with van der Waals surface area (Å²) in [6, 6.07) is 10.3. The Balaban J connectivity index is 1.54. The van der Waals surface area contributed by atoms with Crippen LogP contribution in [0, 0.1) is 5.82 Å². The van der Waals surface area contributed by atoms with Gasteiger partial charge in [-0.25, -0.2) is 4.39 Å². The van der Waals surface area contributed by atoms with E-state index in [1.807, 2.05) is 25.1 Å². The molecule has 2 aliphatic heterocycles. The Bertz CT molecular complexity index is 1500. The molecule has 7 nitrogen and oxygen atoms in total. The number of pyridine rings is 1. The zero-order valence-electron chi connectivity index (χ0n) is 22.3. The van der Waals surface area contributed by atoms with Crippen LogP contribution in [0.4, 0.5) is 4.39 Å². The molecule has 3 atom stereocenters. The first-order valence-electron chi connectivity index (χ1n) is 13.6. The highest BCUT2D eigenvalue weighted by atomic mass is 35.5. The number of amides is 1. The number of benzene rings is 2. The average molecular weight is 567 g/mol. The van der Waals surface area contributed by atoms with Gasteiger partial charge in [0, 0.05) is 42.3 Å². The molecule has 40 heavy (non-hydrogen) atoms. The Morgan fingerprint density at radius 1 is 1.10 bits per heavy atom. The summed E-state index contributed by atoms with van der Waals surface area (Å²) >= 11 is 6.33. The molecule has 0 bridgehead atoms. The van der Waals surface area contributed by atoms with Crippen molar-refractivity contribution in [3.8, 4) is 11.1 Å². The first-order chi connectivity index (χ1) is 19.2. The average Bonchev–Trinajstić information content (AvgIpc) is 2.91. The van der Waals surface area contributed by atoms with E-state index >= 15 is 0 Å². The Morgan fingerprint density at radius 2 is 1.90 bits per heavy atom. The molecule has 0 radical (unpaired) electrons. The highest BCUT2D eigenvalue weighted by Crippen LogP contribution is 2.34. The number of halogens is 2. The summed E-state index contributed by atoms with van der Waals surface area (Å²) < 4.78 is 27.9. The fraction of sp³-hybridized carbons (Fsp3) is 0.387. The lowest BCUT2D eigenvalue weighted by molar-refractivity contribution is -0.123. The predicted molar refractivity (Wildman–Crippen MR) is 150 cm³/mol. The molecule has 2 aliphatic rings. The van der Waals surface area contributed by atoms with Gasteiger partial charge in [-0.3, -0.25) is 14.4 Å². The van der Waals surface area contributed by atoms with E-state index in [4.69, 9.17) is 26.8 Å². The van der Waals surface area contributed by atoms with Crippen molar-refractivity contribution in [2.24, 2.45) is 5.73 Å². The number of nitrogens with two attached hydrogens (primary N) is 1. The maximum Gasteiger partial charge on any atom is 0.251 e. The summed E-state index contributed by atoms with van der Waals surface area (Å²) in [6.07, 6.45) is 5.08. The van der Waals surface area contributed by atoms with Gasteiger partial charge in [0.1, 0.15) is 5.82 Å².